The molecule has 0 heterocycles. The fourth-order valence-corrected chi connectivity index (χ4v) is 3.29. The van der Waals surface area contributed by atoms with Gasteiger partial charge in [0.15, 0.2) is 0 Å². The second-order valence-corrected chi connectivity index (χ2v) is 7.96. The lowest BCUT2D eigenvalue weighted by Gasteiger charge is -2.43. The highest BCUT2D eigenvalue weighted by atomic mass is 32.2. The van der Waals surface area contributed by atoms with Crippen molar-refractivity contribution in [1.29, 1.82) is 0 Å². The van der Waals surface area contributed by atoms with Crippen molar-refractivity contribution in [2.24, 2.45) is 0 Å². The van der Waals surface area contributed by atoms with E-state index >= 15 is 0 Å². The van der Waals surface area contributed by atoms with Gasteiger partial charge in [0.2, 0.25) is 0 Å². The van der Waals surface area contributed by atoms with Crippen molar-refractivity contribution in [2.45, 2.75) is 51.4 Å². The molecule has 1 N–H and O–H groups in total. The van der Waals surface area contributed by atoms with Crippen LogP contribution in [0.5, 0.6) is 0 Å². The van der Waals surface area contributed by atoms with Crippen molar-refractivity contribution in [1.82, 2.24) is 0 Å². The summed E-state index contributed by atoms with van der Waals surface area (Å²) in [5, 5.41) is 12.7. The minimum absolute atomic E-state index is 0.154. The third-order valence-corrected chi connectivity index (χ3v) is 5.02. The molecule has 0 amide bonds. The summed E-state index contributed by atoms with van der Waals surface area (Å²) in [7, 11) is -0.979. The first kappa shape index (κ1) is 16.3. The Morgan fingerprint density at radius 1 is 1.26 bits per heavy atom. The van der Waals surface area contributed by atoms with Crippen LogP contribution in [0.3, 0.4) is 0 Å². The zero-order valence-electron chi connectivity index (χ0n) is 12.5. The lowest BCUT2D eigenvalue weighted by atomic mass is 9.99. The monoisotopic (exact) mass is 283 g/mol. The van der Waals surface area contributed by atoms with Crippen LogP contribution in [0.1, 0.15) is 46.2 Å². The van der Waals surface area contributed by atoms with Crippen molar-refractivity contribution in [2.75, 3.05) is 5.75 Å². The summed E-state index contributed by atoms with van der Waals surface area (Å²) < 4.78 is 12.1. The number of quaternary nitrogens is 1. The van der Waals surface area contributed by atoms with Crippen LogP contribution < -0.4 is 5.06 Å². The van der Waals surface area contributed by atoms with Gasteiger partial charge in [0, 0.05) is 22.1 Å². The molecule has 3 nitrogen and oxygen atoms in total. The molecule has 0 fully saturated rings. The predicted molar refractivity (Wildman–Crippen MR) is 81.4 cm³/mol. The Morgan fingerprint density at radius 3 is 2.21 bits per heavy atom. The van der Waals surface area contributed by atoms with E-state index in [1.807, 2.05) is 65.0 Å². The predicted octanol–water partition coefficient (Wildman–Crippen LogP) is 2.07. The molecular weight excluding hydrogens is 258 g/mol. The Hall–Kier alpha value is -0.710. The van der Waals surface area contributed by atoms with Crippen molar-refractivity contribution in [3.63, 3.8) is 0 Å². The second kappa shape index (κ2) is 6.64. The average Bonchev–Trinajstić information content (AvgIpc) is 2.38. The summed E-state index contributed by atoms with van der Waals surface area (Å²) in [4.78, 5) is 0. The van der Waals surface area contributed by atoms with E-state index < -0.39 is 16.3 Å². The topological polar surface area (TPSA) is 44.6 Å². The zero-order chi connectivity index (χ0) is 14.6. The smallest absolute Gasteiger partial charge is 0.127 e. The van der Waals surface area contributed by atoms with Gasteiger partial charge in [-0.1, -0.05) is 37.3 Å². The average molecular weight is 283 g/mol. The Labute approximate surface area is 119 Å². The maximum Gasteiger partial charge on any atom is 0.127 e. The molecule has 4 heteroatoms. The SMILES string of the molecule is CCS(=O)C(C)C(c1ccccc1)[NH+]([O-])C(C)(C)C. The molecule has 1 aromatic rings. The number of hydrogen-bond acceptors (Lipinski definition) is 2. The van der Waals surface area contributed by atoms with Gasteiger partial charge in [0.05, 0.1) is 10.8 Å². The van der Waals surface area contributed by atoms with E-state index in [9.17, 15) is 9.42 Å². The molecule has 19 heavy (non-hydrogen) atoms. The number of nitrogens with one attached hydrogen (secondary N) is 1. The molecule has 1 aromatic carbocycles. The molecule has 0 spiro atoms. The maximum absolute atomic E-state index is 12.7. The highest BCUT2D eigenvalue weighted by molar-refractivity contribution is 7.85. The Balaban J connectivity index is 3.15. The summed E-state index contributed by atoms with van der Waals surface area (Å²) in [6, 6.07) is 9.42. The summed E-state index contributed by atoms with van der Waals surface area (Å²) in [5.74, 6) is 0.585. The van der Waals surface area contributed by atoms with E-state index in [-0.39, 0.29) is 16.4 Å². The van der Waals surface area contributed by atoms with Crippen LogP contribution >= 0.6 is 0 Å². The normalized spacial score (nSPS) is 18.6. The Kier molecular flexibility index (Phi) is 5.71. The van der Waals surface area contributed by atoms with Gasteiger partial charge in [-0.15, -0.1) is 0 Å². The van der Waals surface area contributed by atoms with Crippen LogP contribution in [-0.2, 0) is 10.8 Å². The minimum atomic E-state index is -0.979. The lowest BCUT2D eigenvalue weighted by Crippen LogP contribution is -3.15. The van der Waals surface area contributed by atoms with Crippen molar-refractivity contribution < 1.29 is 9.27 Å². The third kappa shape index (κ3) is 4.13. The van der Waals surface area contributed by atoms with Gasteiger partial charge in [0.25, 0.3) is 0 Å². The largest absolute Gasteiger partial charge is 0.633 e. The van der Waals surface area contributed by atoms with Crippen LogP contribution in [0.15, 0.2) is 30.3 Å². The summed E-state index contributed by atoms with van der Waals surface area (Å²) in [5.41, 5.74) is 0.545. The molecular formula is C15H25NO2S. The van der Waals surface area contributed by atoms with Gasteiger partial charge in [-0.05, 0) is 27.7 Å². The van der Waals surface area contributed by atoms with E-state index in [1.165, 1.54) is 0 Å². The number of hydrogen-bond donors (Lipinski definition) is 1. The first-order valence-corrected chi connectivity index (χ1v) is 8.13. The molecule has 0 radical (unpaired) electrons. The van der Waals surface area contributed by atoms with E-state index in [1.54, 1.807) is 0 Å². The van der Waals surface area contributed by atoms with Gasteiger partial charge < -0.3 is 10.3 Å². The highest BCUT2D eigenvalue weighted by Gasteiger charge is 2.34. The Bertz CT molecular complexity index is 414. The lowest BCUT2D eigenvalue weighted by molar-refractivity contribution is -0.929. The molecule has 0 bridgehead atoms. The van der Waals surface area contributed by atoms with Gasteiger partial charge in [-0.3, -0.25) is 4.21 Å². The second-order valence-electron chi connectivity index (χ2n) is 5.88. The standard InChI is InChI=1S/C15H25NO2S/c1-6-19(18)12(2)14(16(17)15(3,4)5)13-10-8-7-9-11-13/h7-12,14,16H,6H2,1-5H3. The van der Waals surface area contributed by atoms with Gasteiger partial charge >= 0.3 is 0 Å². The molecule has 0 saturated carbocycles. The number of benzene rings is 1. The highest BCUT2D eigenvalue weighted by Crippen LogP contribution is 2.19. The minimum Gasteiger partial charge on any atom is -0.633 e. The molecule has 0 saturated heterocycles. The van der Waals surface area contributed by atoms with Crippen LogP contribution in [0.4, 0.5) is 0 Å². The number of hydroxylamine groups is 2. The van der Waals surface area contributed by atoms with Gasteiger partial charge in [0.1, 0.15) is 6.04 Å². The van der Waals surface area contributed by atoms with E-state index in [4.69, 9.17) is 0 Å². The van der Waals surface area contributed by atoms with E-state index in [0.29, 0.717) is 5.75 Å². The maximum atomic E-state index is 12.7. The molecule has 1 rings (SSSR count). The zero-order valence-corrected chi connectivity index (χ0v) is 13.3. The van der Waals surface area contributed by atoms with Crippen LogP contribution in [0.2, 0.25) is 0 Å². The van der Waals surface area contributed by atoms with E-state index in [2.05, 4.69) is 0 Å². The molecule has 4 atom stereocenters. The third-order valence-electron chi connectivity index (χ3n) is 3.35. The van der Waals surface area contributed by atoms with Crippen molar-refractivity contribution in [3.8, 4) is 0 Å². The summed E-state index contributed by atoms with van der Waals surface area (Å²) >= 11 is 0. The quantitative estimate of drug-likeness (QED) is 0.841. The summed E-state index contributed by atoms with van der Waals surface area (Å²) in [6.07, 6.45) is 0. The van der Waals surface area contributed by atoms with E-state index in [0.717, 1.165) is 5.56 Å². The molecule has 0 aliphatic rings. The Morgan fingerprint density at radius 2 is 1.79 bits per heavy atom. The van der Waals surface area contributed by atoms with Crippen LogP contribution in [-0.4, -0.2) is 20.8 Å². The summed E-state index contributed by atoms with van der Waals surface area (Å²) in [6.45, 7) is 9.59. The first-order valence-electron chi connectivity index (χ1n) is 6.75. The molecule has 0 aromatic heterocycles. The molecule has 4 unspecified atom stereocenters. The van der Waals surface area contributed by atoms with Crippen molar-refractivity contribution >= 4 is 10.8 Å². The van der Waals surface area contributed by atoms with Crippen molar-refractivity contribution in [3.05, 3.63) is 41.1 Å². The van der Waals surface area contributed by atoms with Gasteiger partial charge in [-0.25, -0.2) is 0 Å². The fraction of sp³-hybridized carbons (Fsp3) is 0.600. The first-order chi connectivity index (χ1) is 8.79. The van der Waals surface area contributed by atoms with Crippen LogP contribution in [0, 0.1) is 5.21 Å². The molecule has 108 valence electrons. The number of rotatable bonds is 5. The van der Waals surface area contributed by atoms with Gasteiger partial charge in [-0.2, -0.15) is 0 Å². The van der Waals surface area contributed by atoms with Crippen LogP contribution in [0.25, 0.3) is 0 Å². The molecule has 0 aliphatic heterocycles. The fourth-order valence-electron chi connectivity index (χ4n) is 2.18. The molecule has 0 aliphatic carbocycles.